The third kappa shape index (κ3) is 1.62. The van der Waals surface area contributed by atoms with Crippen molar-refractivity contribution < 1.29 is 4.74 Å². The third-order valence-corrected chi connectivity index (χ3v) is 2.55. The summed E-state index contributed by atoms with van der Waals surface area (Å²) in [5.74, 6) is 0.870. The molecule has 2 unspecified atom stereocenters. The third-order valence-electron chi connectivity index (χ3n) is 2.55. The molecule has 0 aliphatic carbocycles. The van der Waals surface area contributed by atoms with Crippen LogP contribution in [0.15, 0.2) is 0 Å². The van der Waals surface area contributed by atoms with E-state index in [2.05, 4.69) is 27.8 Å². The Balaban J connectivity index is 2.17. The second kappa shape index (κ2) is 4.02. The van der Waals surface area contributed by atoms with Gasteiger partial charge in [0.05, 0.1) is 18.7 Å². The van der Waals surface area contributed by atoms with Crippen LogP contribution >= 0.6 is 0 Å². The predicted octanol–water partition coefficient (Wildman–Crippen LogP) is -0.258. The Morgan fingerprint density at radius 1 is 1.64 bits per heavy atom. The number of nitrogens with zero attached hydrogens (tertiary/aromatic N) is 4. The zero-order chi connectivity index (χ0) is 9.97. The van der Waals surface area contributed by atoms with Crippen LogP contribution in [-0.2, 0) is 11.3 Å². The topological polar surface area (TPSA) is 64.9 Å². The fraction of sp³-hybridized carbons (Fsp3) is 0.875. The van der Waals surface area contributed by atoms with E-state index in [4.69, 9.17) is 4.74 Å². The number of aromatic nitrogens is 4. The van der Waals surface area contributed by atoms with E-state index >= 15 is 0 Å². The van der Waals surface area contributed by atoms with Gasteiger partial charge in [-0.2, -0.15) is 0 Å². The van der Waals surface area contributed by atoms with Gasteiger partial charge in [-0.25, -0.2) is 4.68 Å². The van der Waals surface area contributed by atoms with Crippen molar-refractivity contribution in [2.24, 2.45) is 0 Å². The SMILES string of the molecule is CNCc1nnnn1C1CCOC1C. The quantitative estimate of drug-likeness (QED) is 0.723. The Morgan fingerprint density at radius 3 is 3.14 bits per heavy atom. The first kappa shape index (κ1) is 9.54. The van der Waals surface area contributed by atoms with Crippen molar-refractivity contribution in [1.29, 1.82) is 0 Å². The molecule has 14 heavy (non-hydrogen) atoms. The highest BCUT2D eigenvalue weighted by Gasteiger charge is 2.28. The number of hydrogen-bond acceptors (Lipinski definition) is 5. The van der Waals surface area contributed by atoms with Crippen molar-refractivity contribution in [2.75, 3.05) is 13.7 Å². The summed E-state index contributed by atoms with van der Waals surface area (Å²) < 4.78 is 7.35. The molecule has 1 aliphatic rings. The average Bonchev–Trinajstić information content (AvgIpc) is 2.74. The molecule has 0 spiro atoms. The van der Waals surface area contributed by atoms with Gasteiger partial charge in [-0.15, -0.1) is 5.10 Å². The number of hydrogen-bond donors (Lipinski definition) is 1. The molecule has 2 heterocycles. The van der Waals surface area contributed by atoms with E-state index in [9.17, 15) is 0 Å². The molecule has 6 heteroatoms. The maximum absolute atomic E-state index is 5.49. The minimum absolute atomic E-state index is 0.203. The van der Waals surface area contributed by atoms with Crippen LogP contribution in [0.5, 0.6) is 0 Å². The number of rotatable bonds is 3. The first-order valence-corrected chi connectivity index (χ1v) is 4.86. The summed E-state index contributed by atoms with van der Waals surface area (Å²) >= 11 is 0. The van der Waals surface area contributed by atoms with Gasteiger partial charge in [-0.1, -0.05) is 0 Å². The minimum atomic E-state index is 0.203. The van der Waals surface area contributed by atoms with Crippen LogP contribution in [0.2, 0.25) is 0 Å². The first-order valence-electron chi connectivity index (χ1n) is 4.86. The van der Waals surface area contributed by atoms with Crippen LogP contribution in [0.3, 0.4) is 0 Å². The predicted molar refractivity (Wildman–Crippen MR) is 49.6 cm³/mol. The molecule has 1 aromatic rings. The van der Waals surface area contributed by atoms with Gasteiger partial charge in [-0.3, -0.25) is 0 Å². The van der Waals surface area contributed by atoms with Crippen molar-refractivity contribution in [3.63, 3.8) is 0 Å². The van der Waals surface area contributed by atoms with Gasteiger partial charge in [0.1, 0.15) is 0 Å². The monoisotopic (exact) mass is 197 g/mol. The van der Waals surface area contributed by atoms with Gasteiger partial charge < -0.3 is 10.1 Å². The molecule has 1 aliphatic heterocycles. The standard InChI is InChI=1S/C8H15N5O/c1-6-7(3-4-14-6)13-8(5-9-2)10-11-12-13/h6-7,9H,3-5H2,1-2H3. The van der Waals surface area contributed by atoms with Crippen LogP contribution in [0.1, 0.15) is 25.2 Å². The van der Waals surface area contributed by atoms with E-state index < -0.39 is 0 Å². The van der Waals surface area contributed by atoms with Crippen molar-refractivity contribution in [1.82, 2.24) is 25.5 Å². The molecule has 0 saturated carbocycles. The molecule has 0 amide bonds. The lowest BCUT2D eigenvalue weighted by Crippen LogP contribution is -2.22. The largest absolute Gasteiger partial charge is 0.376 e. The minimum Gasteiger partial charge on any atom is -0.376 e. The van der Waals surface area contributed by atoms with Crippen molar-refractivity contribution in [3.05, 3.63) is 5.82 Å². The van der Waals surface area contributed by atoms with E-state index in [-0.39, 0.29) is 12.1 Å². The van der Waals surface area contributed by atoms with E-state index in [0.29, 0.717) is 6.54 Å². The molecule has 78 valence electrons. The lowest BCUT2D eigenvalue weighted by molar-refractivity contribution is 0.104. The van der Waals surface area contributed by atoms with Gasteiger partial charge in [-0.05, 0) is 30.8 Å². The van der Waals surface area contributed by atoms with Crippen LogP contribution in [0, 0.1) is 0 Å². The van der Waals surface area contributed by atoms with Gasteiger partial charge in [0.2, 0.25) is 0 Å². The Kier molecular flexibility index (Phi) is 2.74. The molecule has 6 nitrogen and oxygen atoms in total. The van der Waals surface area contributed by atoms with Gasteiger partial charge in [0.25, 0.3) is 0 Å². The second-order valence-corrected chi connectivity index (χ2v) is 3.50. The zero-order valence-electron chi connectivity index (χ0n) is 8.47. The normalized spacial score (nSPS) is 27.0. The van der Waals surface area contributed by atoms with Crippen LogP contribution in [0.25, 0.3) is 0 Å². The van der Waals surface area contributed by atoms with Crippen molar-refractivity contribution in [3.8, 4) is 0 Å². The maximum Gasteiger partial charge on any atom is 0.165 e. The smallest absolute Gasteiger partial charge is 0.165 e. The lowest BCUT2D eigenvalue weighted by atomic mass is 10.1. The fourth-order valence-corrected chi connectivity index (χ4v) is 1.79. The summed E-state index contributed by atoms with van der Waals surface area (Å²) in [6, 6.07) is 0.286. The first-order chi connectivity index (χ1) is 6.83. The maximum atomic E-state index is 5.49. The summed E-state index contributed by atoms with van der Waals surface area (Å²) in [5.41, 5.74) is 0. The molecule has 1 saturated heterocycles. The highest BCUT2D eigenvalue weighted by atomic mass is 16.5. The number of nitrogens with one attached hydrogen (secondary N) is 1. The summed E-state index contributed by atoms with van der Waals surface area (Å²) in [6.45, 7) is 3.55. The molecule has 0 aromatic carbocycles. The van der Waals surface area contributed by atoms with Crippen molar-refractivity contribution in [2.45, 2.75) is 32.0 Å². The zero-order valence-corrected chi connectivity index (χ0v) is 8.47. The molecule has 0 bridgehead atoms. The molecule has 2 rings (SSSR count). The fourth-order valence-electron chi connectivity index (χ4n) is 1.79. The van der Waals surface area contributed by atoms with Crippen LogP contribution in [-0.4, -0.2) is 40.0 Å². The van der Waals surface area contributed by atoms with E-state index in [0.717, 1.165) is 18.9 Å². The molecule has 1 aromatic heterocycles. The Hall–Kier alpha value is -1.01. The average molecular weight is 197 g/mol. The molecule has 1 fully saturated rings. The molecular formula is C8H15N5O. The van der Waals surface area contributed by atoms with Crippen LogP contribution in [0.4, 0.5) is 0 Å². The van der Waals surface area contributed by atoms with E-state index in [1.54, 1.807) is 0 Å². The summed E-state index contributed by atoms with van der Waals surface area (Å²) in [7, 11) is 1.88. The number of tetrazole rings is 1. The van der Waals surface area contributed by atoms with E-state index in [1.165, 1.54) is 0 Å². The molecular weight excluding hydrogens is 182 g/mol. The second-order valence-electron chi connectivity index (χ2n) is 3.50. The Bertz CT molecular complexity index is 300. The molecule has 2 atom stereocenters. The number of ether oxygens (including phenoxy) is 1. The van der Waals surface area contributed by atoms with Gasteiger partial charge in [0, 0.05) is 6.61 Å². The lowest BCUT2D eigenvalue weighted by Gasteiger charge is -2.15. The Morgan fingerprint density at radius 2 is 2.50 bits per heavy atom. The van der Waals surface area contributed by atoms with Crippen LogP contribution < -0.4 is 5.32 Å². The van der Waals surface area contributed by atoms with Gasteiger partial charge in [0.15, 0.2) is 5.82 Å². The van der Waals surface area contributed by atoms with Gasteiger partial charge >= 0.3 is 0 Å². The summed E-state index contributed by atoms with van der Waals surface area (Å²) in [5, 5.41) is 14.7. The highest BCUT2D eigenvalue weighted by Crippen LogP contribution is 2.25. The summed E-state index contributed by atoms with van der Waals surface area (Å²) in [4.78, 5) is 0. The van der Waals surface area contributed by atoms with E-state index in [1.807, 2.05) is 11.7 Å². The molecule has 0 radical (unpaired) electrons. The van der Waals surface area contributed by atoms with Crippen molar-refractivity contribution >= 4 is 0 Å². The summed E-state index contributed by atoms with van der Waals surface area (Å²) in [6.07, 6.45) is 1.19. The highest BCUT2D eigenvalue weighted by molar-refractivity contribution is 4.87. The Labute approximate surface area is 82.6 Å². The molecule has 1 N–H and O–H groups in total.